The molecule has 0 aromatic heterocycles. The predicted molar refractivity (Wildman–Crippen MR) is 100 cm³/mol. The number of hydrogen-bond donors (Lipinski definition) is 1. The predicted octanol–water partition coefficient (Wildman–Crippen LogP) is 2.94. The molecule has 2 aromatic carbocycles. The lowest BCUT2D eigenvalue weighted by Gasteiger charge is -2.17. The number of nitriles is 1. The largest absolute Gasteiger partial charge is 0.325 e. The maximum Gasteiger partial charge on any atom is 0.243 e. The Morgan fingerprint density at radius 2 is 1.85 bits per heavy atom. The van der Waals surface area contributed by atoms with Crippen LogP contribution in [0.4, 0.5) is 5.69 Å². The number of carbonyl (C=O) groups is 1. The number of amides is 1. The second kappa shape index (κ2) is 8.13. The van der Waals surface area contributed by atoms with Crippen LogP contribution in [0.25, 0.3) is 0 Å². The molecule has 0 bridgehead atoms. The van der Waals surface area contributed by atoms with Gasteiger partial charge in [-0.05, 0) is 47.9 Å². The molecule has 0 atom stereocenters. The number of nitrogens with zero attached hydrogens (tertiary/aromatic N) is 2. The molecule has 0 aliphatic carbocycles. The topological polar surface area (TPSA) is 90.3 Å². The first-order valence-electron chi connectivity index (χ1n) is 8.10. The fourth-order valence-corrected chi connectivity index (χ4v) is 3.47. The Morgan fingerprint density at radius 1 is 1.19 bits per heavy atom. The summed E-state index contributed by atoms with van der Waals surface area (Å²) in [7, 11) is -2.46. The average Bonchev–Trinajstić information content (AvgIpc) is 2.61. The molecular weight excluding hydrogens is 350 g/mol. The molecule has 136 valence electrons. The van der Waals surface area contributed by atoms with Gasteiger partial charge in [-0.1, -0.05) is 26.0 Å². The number of nitrogens with one attached hydrogen (secondary N) is 1. The van der Waals surface area contributed by atoms with E-state index in [4.69, 9.17) is 5.26 Å². The average molecular weight is 371 g/mol. The van der Waals surface area contributed by atoms with E-state index in [1.807, 2.05) is 24.3 Å². The zero-order chi connectivity index (χ0) is 19.3. The van der Waals surface area contributed by atoms with Gasteiger partial charge in [-0.25, -0.2) is 8.42 Å². The van der Waals surface area contributed by atoms with Crippen LogP contribution in [0.15, 0.2) is 53.4 Å². The van der Waals surface area contributed by atoms with Crippen molar-refractivity contribution in [3.8, 4) is 6.07 Å². The summed E-state index contributed by atoms with van der Waals surface area (Å²) in [6, 6.07) is 15.0. The van der Waals surface area contributed by atoms with E-state index in [9.17, 15) is 13.2 Å². The van der Waals surface area contributed by atoms with E-state index >= 15 is 0 Å². The molecule has 1 N–H and O–H groups in total. The summed E-state index contributed by atoms with van der Waals surface area (Å²) in [6.45, 7) is 3.80. The van der Waals surface area contributed by atoms with Gasteiger partial charge in [0.25, 0.3) is 0 Å². The summed E-state index contributed by atoms with van der Waals surface area (Å²) in [5, 5.41) is 11.5. The lowest BCUT2D eigenvalue weighted by atomic mass is 10.0. The van der Waals surface area contributed by atoms with Crippen LogP contribution in [0.1, 0.15) is 30.9 Å². The third kappa shape index (κ3) is 4.69. The van der Waals surface area contributed by atoms with Crippen molar-refractivity contribution >= 4 is 21.6 Å². The second-order valence-electron chi connectivity index (χ2n) is 6.23. The number of carbonyl (C=O) groups excluding carboxylic acids is 1. The lowest BCUT2D eigenvalue weighted by Crippen LogP contribution is -2.35. The summed E-state index contributed by atoms with van der Waals surface area (Å²) in [4.78, 5) is 12.3. The zero-order valence-corrected chi connectivity index (χ0v) is 15.7. The van der Waals surface area contributed by atoms with Gasteiger partial charge in [0.2, 0.25) is 15.9 Å². The van der Waals surface area contributed by atoms with Gasteiger partial charge in [-0.3, -0.25) is 4.79 Å². The van der Waals surface area contributed by atoms with E-state index in [1.165, 1.54) is 31.3 Å². The van der Waals surface area contributed by atoms with Crippen molar-refractivity contribution in [2.75, 3.05) is 18.9 Å². The van der Waals surface area contributed by atoms with Gasteiger partial charge in [-0.15, -0.1) is 0 Å². The molecule has 0 saturated carbocycles. The van der Waals surface area contributed by atoms with Gasteiger partial charge >= 0.3 is 0 Å². The van der Waals surface area contributed by atoms with Crippen LogP contribution in [0, 0.1) is 11.3 Å². The van der Waals surface area contributed by atoms with Crippen molar-refractivity contribution in [3.05, 3.63) is 59.7 Å². The molecule has 1 amide bonds. The Morgan fingerprint density at radius 3 is 2.42 bits per heavy atom. The first kappa shape index (κ1) is 19.6. The molecule has 0 unspecified atom stereocenters. The Bertz CT molecular complexity index is 929. The minimum absolute atomic E-state index is 0.0357. The monoisotopic (exact) mass is 371 g/mol. The van der Waals surface area contributed by atoms with Crippen molar-refractivity contribution in [2.24, 2.45) is 0 Å². The molecule has 0 radical (unpaired) electrons. The van der Waals surface area contributed by atoms with Crippen LogP contribution < -0.4 is 5.32 Å². The molecule has 7 heteroatoms. The van der Waals surface area contributed by atoms with E-state index in [-0.39, 0.29) is 11.4 Å². The van der Waals surface area contributed by atoms with Crippen LogP contribution in [0.5, 0.6) is 0 Å². The molecule has 0 saturated heterocycles. The van der Waals surface area contributed by atoms with Crippen LogP contribution in [0.3, 0.4) is 0 Å². The quantitative estimate of drug-likeness (QED) is 0.845. The van der Waals surface area contributed by atoms with Gasteiger partial charge in [0.1, 0.15) is 0 Å². The van der Waals surface area contributed by atoms with E-state index in [1.54, 1.807) is 6.07 Å². The van der Waals surface area contributed by atoms with Gasteiger partial charge in [0.05, 0.1) is 23.1 Å². The molecule has 2 aromatic rings. The fraction of sp³-hybridized carbons (Fsp3) is 0.263. The van der Waals surface area contributed by atoms with Crippen molar-refractivity contribution in [2.45, 2.75) is 24.7 Å². The SMILES string of the molecule is CC(C)c1cccc(NC(=O)CN(C)S(=O)(=O)c2ccc(C#N)cc2)c1. The van der Waals surface area contributed by atoms with E-state index in [0.29, 0.717) is 17.2 Å². The van der Waals surface area contributed by atoms with Crippen LogP contribution in [-0.4, -0.2) is 32.2 Å². The van der Waals surface area contributed by atoms with Crippen molar-refractivity contribution in [3.63, 3.8) is 0 Å². The zero-order valence-electron chi connectivity index (χ0n) is 14.9. The summed E-state index contributed by atoms with van der Waals surface area (Å²) < 4.78 is 26.0. The Balaban J connectivity index is 2.08. The van der Waals surface area contributed by atoms with Gasteiger partial charge in [0, 0.05) is 12.7 Å². The van der Waals surface area contributed by atoms with E-state index in [0.717, 1.165) is 9.87 Å². The van der Waals surface area contributed by atoms with Gasteiger partial charge in [-0.2, -0.15) is 9.57 Å². The molecule has 26 heavy (non-hydrogen) atoms. The standard InChI is InChI=1S/C19H21N3O3S/c1-14(2)16-5-4-6-17(11-16)21-19(23)13-22(3)26(24,25)18-9-7-15(12-20)8-10-18/h4-11,14H,13H2,1-3H3,(H,21,23). The summed E-state index contributed by atoms with van der Waals surface area (Å²) >= 11 is 0. The smallest absolute Gasteiger partial charge is 0.243 e. The lowest BCUT2D eigenvalue weighted by molar-refractivity contribution is -0.116. The van der Waals surface area contributed by atoms with Gasteiger partial charge in [0.15, 0.2) is 0 Å². The third-order valence-electron chi connectivity index (χ3n) is 3.89. The number of rotatable bonds is 6. The number of anilines is 1. The van der Waals surface area contributed by atoms with E-state index in [2.05, 4.69) is 19.2 Å². The Hall–Kier alpha value is -2.69. The highest BCUT2D eigenvalue weighted by Crippen LogP contribution is 2.19. The highest BCUT2D eigenvalue weighted by Gasteiger charge is 2.23. The van der Waals surface area contributed by atoms with Crippen LogP contribution in [0.2, 0.25) is 0 Å². The molecule has 0 fully saturated rings. The van der Waals surface area contributed by atoms with Gasteiger partial charge < -0.3 is 5.32 Å². The Kier molecular flexibility index (Phi) is 6.14. The summed E-state index contributed by atoms with van der Waals surface area (Å²) in [5.74, 6) is -0.100. The minimum atomic E-state index is -3.81. The van der Waals surface area contributed by atoms with E-state index < -0.39 is 15.9 Å². The highest BCUT2D eigenvalue weighted by atomic mass is 32.2. The summed E-state index contributed by atoms with van der Waals surface area (Å²) in [6.07, 6.45) is 0. The summed E-state index contributed by atoms with van der Waals surface area (Å²) in [5.41, 5.74) is 2.08. The molecular formula is C19H21N3O3S. The molecule has 0 aliphatic heterocycles. The van der Waals surface area contributed by atoms with Crippen LogP contribution >= 0.6 is 0 Å². The maximum atomic E-state index is 12.5. The molecule has 2 rings (SSSR count). The van der Waals surface area contributed by atoms with Crippen molar-refractivity contribution in [1.82, 2.24) is 4.31 Å². The maximum absolute atomic E-state index is 12.5. The number of benzene rings is 2. The Labute approximate surface area is 154 Å². The second-order valence-corrected chi connectivity index (χ2v) is 8.27. The number of likely N-dealkylation sites (N-methyl/N-ethyl adjacent to an activating group) is 1. The minimum Gasteiger partial charge on any atom is -0.325 e. The first-order valence-corrected chi connectivity index (χ1v) is 9.54. The molecule has 0 spiro atoms. The molecule has 6 nitrogen and oxygen atoms in total. The third-order valence-corrected chi connectivity index (χ3v) is 5.71. The normalized spacial score (nSPS) is 11.4. The highest BCUT2D eigenvalue weighted by molar-refractivity contribution is 7.89. The first-order chi connectivity index (χ1) is 12.2. The molecule has 0 aliphatic rings. The number of sulfonamides is 1. The van der Waals surface area contributed by atoms with Crippen molar-refractivity contribution < 1.29 is 13.2 Å². The molecule has 0 heterocycles. The number of hydrogen-bond acceptors (Lipinski definition) is 4. The fourth-order valence-electron chi connectivity index (χ4n) is 2.34. The van der Waals surface area contributed by atoms with Crippen LogP contribution in [-0.2, 0) is 14.8 Å². The van der Waals surface area contributed by atoms with Crippen molar-refractivity contribution in [1.29, 1.82) is 5.26 Å².